The Morgan fingerprint density at radius 2 is 2.30 bits per heavy atom. The number of rotatable bonds is 4. The predicted octanol–water partition coefficient (Wildman–Crippen LogP) is 0.654. The lowest BCUT2D eigenvalue weighted by atomic mass is 10.1. The van der Waals surface area contributed by atoms with E-state index >= 15 is 0 Å². The normalized spacial score (nSPS) is 25.8. The van der Waals surface area contributed by atoms with Crippen molar-refractivity contribution in [2.75, 3.05) is 37.4 Å². The van der Waals surface area contributed by atoms with Crippen molar-refractivity contribution >= 4 is 23.2 Å². The topological polar surface area (TPSA) is 75.3 Å². The number of β-amino-alcohol motifs (C(OH)–C–C–N with tert-alkyl or cyclic N) is 1. The summed E-state index contributed by atoms with van der Waals surface area (Å²) in [5.74, 6) is 1.98. The zero-order valence-corrected chi connectivity index (χ0v) is 12.4. The number of thioether (sulfide) groups is 1. The zero-order valence-electron chi connectivity index (χ0n) is 11.6. The van der Waals surface area contributed by atoms with Crippen molar-refractivity contribution < 1.29 is 5.11 Å². The molecule has 3 rings (SSSR count). The average molecular weight is 292 g/mol. The summed E-state index contributed by atoms with van der Waals surface area (Å²) < 4.78 is 0. The van der Waals surface area contributed by atoms with Gasteiger partial charge in [-0.2, -0.15) is 11.8 Å². The Hall–Kier alpha value is -1.11. The van der Waals surface area contributed by atoms with E-state index in [1.54, 1.807) is 11.8 Å². The van der Waals surface area contributed by atoms with Crippen LogP contribution in [0, 0.1) is 5.92 Å². The Balaban J connectivity index is 1.68. The minimum atomic E-state index is -0.209. The number of aliphatic hydroxyl groups excluding tert-OH is 1. The highest BCUT2D eigenvalue weighted by atomic mass is 32.2. The van der Waals surface area contributed by atoms with Gasteiger partial charge in [0.1, 0.15) is 12.1 Å². The molecule has 3 N–H and O–H groups in total. The van der Waals surface area contributed by atoms with Gasteiger partial charge in [-0.15, -0.1) is 0 Å². The first-order valence-electron chi connectivity index (χ1n) is 6.87. The summed E-state index contributed by atoms with van der Waals surface area (Å²) in [5.41, 5.74) is 9.13. The molecule has 0 radical (unpaired) electrons. The molecule has 1 fully saturated rings. The maximum absolute atomic E-state index is 10.1. The van der Waals surface area contributed by atoms with Crippen LogP contribution in [0.5, 0.6) is 0 Å². The molecular formula is C14H20N4OS. The van der Waals surface area contributed by atoms with E-state index in [9.17, 15) is 5.11 Å². The number of allylic oxidation sites excluding steroid dienone is 1. The Morgan fingerprint density at radius 3 is 3.10 bits per heavy atom. The van der Waals surface area contributed by atoms with E-state index in [-0.39, 0.29) is 6.10 Å². The van der Waals surface area contributed by atoms with Crippen molar-refractivity contribution in [1.82, 2.24) is 14.9 Å². The summed E-state index contributed by atoms with van der Waals surface area (Å²) >= 11 is 1.80. The maximum Gasteiger partial charge on any atom is 0.130 e. The molecule has 1 aliphatic carbocycles. The van der Waals surface area contributed by atoms with Crippen LogP contribution >= 0.6 is 11.8 Å². The van der Waals surface area contributed by atoms with Crippen LogP contribution in [0.15, 0.2) is 12.4 Å². The number of aliphatic hydroxyl groups is 1. The quantitative estimate of drug-likeness (QED) is 0.849. The predicted molar refractivity (Wildman–Crippen MR) is 82.4 cm³/mol. The van der Waals surface area contributed by atoms with Gasteiger partial charge in [0.25, 0.3) is 0 Å². The molecular weight excluding hydrogens is 272 g/mol. The number of nitrogens with two attached hydrogens (primary N) is 1. The minimum Gasteiger partial charge on any atom is -0.391 e. The molecule has 1 aromatic heterocycles. The lowest BCUT2D eigenvalue weighted by molar-refractivity contribution is 0.151. The van der Waals surface area contributed by atoms with Crippen molar-refractivity contribution in [3.05, 3.63) is 23.7 Å². The molecule has 6 heteroatoms. The number of likely N-dealkylation sites (tertiary alicyclic amines) is 1. The first kappa shape index (κ1) is 13.9. The van der Waals surface area contributed by atoms with Gasteiger partial charge in [0.05, 0.1) is 11.8 Å². The fourth-order valence-corrected chi connectivity index (χ4v) is 3.81. The summed E-state index contributed by atoms with van der Waals surface area (Å²) in [5, 5.41) is 10.1. The summed E-state index contributed by atoms with van der Waals surface area (Å²) in [6.07, 6.45) is 6.42. The standard InChI is InChI=1S/C14H20N4OS/c1-20-7-10-5-18(6-12(10)19)4-9-2-3-11-13(9)16-8-17-14(11)15/h2,8,10,12,19H,3-7H2,1H3,(H2,15,16,17)/t10-,12-/m1/s1. The lowest BCUT2D eigenvalue weighted by Crippen LogP contribution is -2.24. The number of nitrogens with zero attached hydrogens (tertiary/aromatic N) is 3. The first-order chi connectivity index (χ1) is 9.69. The third kappa shape index (κ3) is 2.55. The van der Waals surface area contributed by atoms with Crippen molar-refractivity contribution in [2.45, 2.75) is 12.5 Å². The molecule has 1 aliphatic heterocycles. The van der Waals surface area contributed by atoms with Crippen LogP contribution in [0.1, 0.15) is 11.3 Å². The molecule has 0 spiro atoms. The number of aromatic nitrogens is 2. The van der Waals surface area contributed by atoms with Crippen LogP contribution in [0.2, 0.25) is 0 Å². The molecule has 1 saturated heterocycles. The number of hydrogen-bond acceptors (Lipinski definition) is 6. The van der Waals surface area contributed by atoms with Gasteiger partial charge in [-0.25, -0.2) is 9.97 Å². The second-order valence-corrected chi connectivity index (χ2v) is 6.41. The smallest absolute Gasteiger partial charge is 0.130 e. The number of anilines is 1. The maximum atomic E-state index is 10.1. The Kier molecular flexibility index (Phi) is 3.96. The van der Waals surface area contributed by atoms with Crippen LogP contribution in [-0.4, -0.2) is 57.7 Å². The zero-order chi connectivity index (χ0) is 14.1. The Morgan fingerprint density at radius 1 is 1.45 bits per heavy atom. The van der Waals surface area contributed by atoms with Crippen molar-refractivity contribution in [1.29, 1.82) is 0 Å². The lowest BCUT2D eigenvalue weighted by Gasteiger charge is -2.16. The van der Waals surface area contributed by atoms with Crippen LogP contribution < -0.4 is 5.73 Å². The summed E-state index contributed by atoms with van der Waals surface area (Å²) in [4.78, 5) is 10.7. The number of nitrogen functional groups attached to an aromatic ring is 1. The molecule has 2 aliphatic rings. The monoisotopic (exact) mass is 292 g/mol. The average Bonchev–Trinajstić information content (AvgIpc) is 2.97. The van der Waals surface area contributed by atoms with Crippen LogP contribution in [0.4, 0.5) is 5.82 Å². The van der Waals surface area contributed by atoms with Crippen LogP contribution in [-0.2, 0) is 6.42 Å². The second kappa shape index (κ2) is 5.71. The van der Waals surface area contributed by atoms with Crippen molar-refractivity contribution in [2.24, 2.45) is 5.92 Å². The van der Waals surface area contributed by atoms with Gasteiger partial charge in [-0.3, -0.25) is 4.90 Å². The van der Waals surface area contributed by atoms with E-state index in [1.807, 2.05) is 0 Å². The molecule has 0 bridgehead atoms. The minimum absolute atomic E-state index is 0.209. The van der Waals surface area contributed by atoms with E-state index in [0.29, 0.717) is 11.7 Å². The Labute approximate surface area is 123 Å². The molecule has 0 amide bonds. The van der Waals surface area contributed by atoms with Gasteiger partial charge < -0.3 is 10.8 Å². The van der Waals surface area contributed by atoms with Crippen molar-refractivity contribution in [3.8, 4) is 0 Å². The fraction of sp³-hybridized carbons (Fsp3) is 0.571. The van der Waals surface area contributed by atoms with E-state index in [4.69, 9.17) is 5.73 Å². The molecule has 20 heavy (non-hydrogen) atoms. The van der Waals surface area contributed by atoms with E-state index in [0.717, 1.165) is 43.1 Å². The number of fused-ring (bicyclic) bond motifs is 1. The van der Waals surface area contributed by atoms with Gasteiger partial charge >= 0.3 is 0 Å². The van der Waals surface area contributed by atoms with Gasteiger partial charge in [0.15, 0.2) is 0 Å². The first-order valence-corrected chi connectivity index (χ1v) is 8.26. The van der Waals surface area contributed by atoms with E-state index < -0.39 is 0 Å². The Bertz CT molecular complexity index is 534. The molecule has 0 aromatic carbocycles. The molecule has 0 unspecified atom stereocenters. The fourth-order valence-electron chi connectivity index (χ4n) is 3.05. The van der Waals surface area contributed by atoms with Crippen LogP contribution in [0.25, 0.3) is 5.57 Å². The summed E-state index contributed by atoms with van der Waals surface area (Å²) in [7, 11) is 0. The van der Waals surface area contributed by atoms with E-state index in [1.165, 1.54) is 11.9 Å². The molecule has 108 valence electrons. The second-order valence-electron chi connectivity index (χ2n) is 5.50. The molecule has 0 saturated carbocycles. The highest BCUT2D eigenvalue weighted by Crippen LogP contribution is 2.30. The third-order valence-electron chi connectivity index (χ3n) is 4.09. The highest BCUT2D eigenvalue weighted by Gasteiger charge is 2.32. The largest absolute Gasteiger partial charge is 0.391 e. The molecule has 1 aromatic rings. The highest BCUT2D eigenvalue weighted by molar-refractivity contribution is 7.98. The molecule has 5 nitrogen and oxygen atoms in total. The van der Waals surface area contributed by atoms with Crippen molar-refractivity contribution in [3.63, 3.8) is 0 Å². The van der Waals surface area contributed by atoms with Gasteiger partial charge in [-0.05, 0) is 24.0 Å². The summed E-state index contributed by atoms with van der Waals surface area (Å²) in [6.45, 7) is 2.54. The SMILES string of the molecule is CSC[C@H]1CN(CC2=CCc3c(N)ncnc32)C[C@H]1O. The number of hydrogen-bond donors (Lipinski definition) is 2. The van der Waals surface area contributed by atoms with Gasteiger partial charge in [0, 0.05) is 31.1 Å². The van der Waals surface area contributed by atoms with E-state index in [2.05, 4.69) is 27.2 Å². The van der Waals surface area contributed by atoms with Crippen LogP contribution in [0.3, 0.4) is 0 Å². The molecule has 2 atom stereocenters. The third-order valence-corrected chi connectivity index (χ3v) is 4.85. The molecule has 2 heterocycles. The van der Waals surface area contributed by atoms with Gasteiger partial charge in [0.2, 0.25) is 0 Å². The van der Waals surface area contributed by atoms with Gasteiger partial charge in [-0.1, -0.05) is 6.08 Å². The summed E-state index contributed by atoms with van der Waals surface area (Å²) in [6, 6.07) is 0.